The molecule has 0 unspecified atom stereocenters. The van der Waals surface area contributed by atoms with E-state index in [1.807, 2.05) is 55.4 Å². The average molecular weight is 252 g/mol. The van der Waals surface area contributed by atoms with Crippen molar-refractivity contribution in [2.75, 3.05) is 14.1 Å². The molecule has 96 valence electrons. The van der Waals surface area contributed by atoms with Gasteiger partial charge in [0.1, 0.15) is 0 Å². The smallest absolute Gasteiger partial charge is 0.188 e. The van der Waals surface area contributed by atoms with Crippen LogP contribution in [-0.2, 0) is 0 Å². The van der Waals surface area contributed by atoms with Crippen LogP contribution in [0, 0.1) is 0 Å². The number of benzene rings is 1. The monoisotopic (exact) mass is 252 g/mol. The zero-order chi connectivity index (χ0) is 13.7. The van der Waals surface area contributed by atoms with Crippen molar-refractivity contribution in [3.8, 4) is 11.3 Å². The molecule has 2 rings (SSSR count). The van der Waals surface area contributed by atoms with E-state index in [2.05, 4.69) is 4.98 Å². The van der Waals surface area contributed by atoms with Gasteiger partial charge in [-0.2, -0.15) is 0 Å². The van der Waals surface area contributed by atoms with Gasteiger partial charge >= 0.3 is 0 Å². The lowest BCUT2D eigenvalue weighted by Gasteiger charge is -2.03. The minimum Gasteiger partial charge on any atom is -0.383 e. The predicted octanol–water partition coefficient (Wildman–Crippen LogP) is 3.01. The van der Waals surface area contributed by atoms with Crippen LogP contribution in [0.2, 0.25) is 0 Å². The van der Waals surface area contributed by atoms with Crippen LogP contribution in [-0.4, -0.2) is 29.8 Å². The van der Waals surface area contributed by atoms with Crippen molar-refractivity contribution in [3.05, 3.63) is 66.5 Å². The second-order valence-corrected chi connectivity index (χ2v) is 4.44. The number of carbonyl (C=O) groups excluding carboxylic acids is 1. The average Bonchev–Trinajstić information content (AvgIpc) is 2.46. The molecule has 19 heavy (non-hydrogen) atoms. The Kier molecular flexibility index (Phi) is 4.08. The van der Waals surface area contributed by atoms with Crippen LogP contribution in [0.3, 0.4) is 0 Å². The Morgan fingerprint density at radius 2 is 1.84 bits per heavy atom. The molecule has 0 saturated carbocycles. The Balaban J connectivity index is 2.17. The van der Waals surface area contributed by atoms with E-state index in [0.717, 1.165) is 11.3 Å². The van der Waals surface area contributed by atoms with E-state index in [-0.39, 0.29) is 5.78 Å². The fourth-order valence-electron chi connectivity index (χ4n) is 1.63. The van der Waals surface area contributed by atoms with E-state index in [1.165, 1.54) is 0 Å². The van der Waals surface area contributed by atoms with Gasteiger partial charge in [0.15, 0.2) is 5.78 Å². The van der Waals surface area contributed by atoms with Crippen molar-refractivity contribution in [2.24, 2.45) is 0 Å². The third kappa shape index (κ3) is 3.52. The van der Waals surface area contributed by atoms with Crippen molar-refractivity contribution in [1.29, 1.82) is 0 Å². The van der Waals surface area contributed by atoms with E-state index < -0.39 is 0 Å². The van der Waals surface area contributed by atoms with Gasteiger partial charge in [-0.1, -0.05) is 30.3 Å². The molecule has 0 N–H and O–H groups in total. The number of rotatable bonds is 4. The second-order valence-electron chi connectivity index (χ2n) is 4.44. The molecule has 0 fully saturated rings. The molecular weight excluding hydrogens is 236 g/mol. The zero-order valence-electron chi connectivity index (χ0n) is 11.1. The van der Waals surface area contributed by atoms with Gasteiger partial charge in [-0.3, -0.25) is 9.78 Å². The Morgan fingerprint density at radius 1 is 1.11 bits per heavy atom. The van der Waals surface area contributed by atoms with E-state index in [0.29, 0.717) is 5.56 Å². The third-order valence-corrected chi connectivity index (χ3v) is 2.64. The lowest BCUT2D eigenvalue weighted by Crippen LogP contribution is -2.03. The van der Waals surface area contributed by atoms with Crippen LogP contribution in [0.5, 0.6) is 0 Å². The molecule has 0 spiro atoms. The second kappa shape index (κ2) is 5.96. The number of hydrogen-bond acceptors (Lipinski definition) is 3. The SMILES string of the molecule is CN(C)/C=C/C(=O)c1ccc(-c2ccccc2)nc1. The fourth-order valence-corrected chi connectivity index (χ4v) is 1.63. The van der Waals surface area contributed by atoms with Crippen LogP contribution >= 0.6 is 0 Å². The summed E-state index contributed by atoms with van der Waals surface area (Å²) in [6.45, 7) is 0. The molecular formula is C16H16N2O. The molecule has 1 aromatic carbocycles. The topological polar surface area (TPSA) is 33.2 Å². The summed E-state index contributed by atoms with van der Waals surface area (Å²) in [6, 6.07) is 13.6. The van der Waals surface area contributed by atoms with Crippen LogP contribution in [0.25, 0.3) is 11.3 Å². The molecule has 0 aliphatic carbocycles. The molecule has 0 radical (unpaired) electrons. The van der Waals surface area contributed by atoms with E-state index >= 15 is 0 Å². The Bertz CT molecular complexity index is 571. The quantitative estimate of drug-likeness (QED) is 0.619. The lowest BCUT2D eigenvalue weighted by atomic mass is 10.1. The molecule has 0 bridgehead atoms. The van der Waals surface area contributed by atoms with Crippen molar-refractivity contribution < 1.29 is 4.79 Å². The summed E-state index contributed by atoms with van der Waals surface area (Å²) in [4.78, 5) is 18.0. The fraction of sp³-hybridized carbons (Fsp3) is 0.125. The molecule has 0 aliphatic rings. The molecule has 0 atom stereocenters. The van der Waals surface area contributed by atoms with Crippen LogP contribution in [0.1, 0.15) is 10.4 Å². The van der Waals surface area contributed by atoms with Gasteiger partial charge in [-0.05, 0) is 12.1 Å². The number of pyridine rings is 1. The van der Waals surface area contributed by atoms with Gasteiger partial charge < -0.3 is 4.90 Å². The Labute approximate surface area is 113 Å². The highest BCUT2D eigenvalue weighted by Crippen LogP contribution is 2.16. The van der Waals surface area contributed by atoms with E-state index in [1.54, 1.807) is 24.5 Å². The summed E-state index contributed by atoms with van der Waals surface area (Å²) >= 11 is 0. The van der Waals surface area contributed by atoms with Crippen LogP contribution in [0.15, 0.2) is 60.9 Å². The third-order valence-electron chi connectivity index (χ3n) is 2.64. The number of carbonyl (C=O) groups is 1. The molecule has 0 amide bonds. The first-order valence-corrected chi connectivity index (χ1v) is 6.07. The summed E-state index contributed by atoms with van der Waals surface area (Å²) in [5.41, 5.74) is 2.51. The minimum absolute atomic E-state index is 0.0409. The first-order chi connectivity index (χ1) is 9.16. The maximum absolute atomic E-state index is 11.8. The maximum Gasteiger partial charge on any atom is 0.188 e. The molecule has 3 nitrogen and oxygen atoms in total. The van der Waals surface area contributed by atoms with Gasteiger partial charge in [0.25, 0.3) is 0 Å². The van der Waals surface area contributed by atoms with Crippen molar-refractivity contribution in [2.45, 2.75) is 0 Å². The van der Waals surface area contributed by atoms with Crippen molar-refractivity contribution >= 4 is 5.78 Å². The summed E-state index contributed by atoms with van der Waals surface area (Å²) < 4.78 is 0. The molecule has 1 heterocycles. The number of nitrogens with zero attached hydrogens (tertiary/aromatic N) is 2. The Morgan fingerprint density at radius 3 is 2.42 bits per heavy atom. The number of hydrogen-bond donors (Lipinski definition) is 0. The van der Waals surface area contributed by atoms with Crippen LogP contribution < -0.4 is 0 Å². The highest BCUT2D eigenvalue weighted by atomic mass is 16.1. The Hall–Kier alpha value is -2.42. The predicted molar refractivity (Wildman–Crippen MR) is 76.8 cm³/mol. The molecule has 1 aromatic heterocycles. The molecule has 2 aromatic rings. The minimum atomic E-state index is -0.0409. The molecule has 0 aliphatic heterocycles. The molecule has 3 heteroatoms. The van der Waals surface area contributed by atoms with Gasteiger partial charge in [0, 0.05) is 43.7 Å². The standard InChI is InChI=1S/C16H16N2O/c1-18(2)11-10-16(19)14-8-9-15(17-12-14)13-6-4-3-5-7-13/h3-12H,1-2H3/b11-10+. The van der Waals surface area contributed by atoms with Gasteiger partial charge in [-0.25, -0.2) is 0 Å². The summed E-state index contributed by atoms with van der Waals surface area (Å²) in [5, 5.41) is 0. The van der Waals surface area contributed by atoms with Crippen molar-refractivity contribution in [1.82, 2.24) is 9.88 Å². The first-order valence-electron chi connectivity index (χ1n) is 6.07. The summed E-state index contributed by atoms with van der Waals surface area (Å²) in [5.74, 6) is -0.0409. The normalized spacial score (nSPS) is 10.6. The number of allylic oxidation sites excluding steroid dienone is 1. The summed E-state index contributed by atoms with van der Waals surface area (Å²) in [6.07, 6.45) is 4.89. The number of aromatic nitrogens is 1. The lowest BCUT2D eigenvalue weighted by molar-refractivity contribution is 0.104. The largest absolute Gasteiger partial charge is 0.383 e. The van der Waals surface area contributed by atoms with Crippen molar-refractivity contribution in [3.63, 3.8) is 0 Å². The van der Waals surface area contributed by atoms with Gasteiger partial charge in [-0.15, -0.1) is 0 Å². The number of ketones is 1. The van der Waals surface area contributed by atoms with Crippen LogP contribution in [0.4, 0.5) is 0 Å². The highest BCUT2D eigenvalue weighted by Gasteiger charge is 2.03. The zero-order valence-corrected chi connectivity index (χ0v) is 11.1. The first kappa shape index (κ1) is 13.0. The van der Waals surface area contributed by atoms with Gasteiger partial charge in [0.05, 0.1) is 5.69 Å². The van der Waals surface area contributed by atoms with Gasteiger partial charge in [0.2, 0.25) is 0 Å². The van der Waals surface area contributed by atoms with E-state index in [4.69, 9.17) is 0 Å². The molecule has 0 saturated heterocycles. The summed E-state index contributed by atoms with van der Waals surface area (Å²) in [7, 11) is 3.75. The highest BCUT2D eigenvalue weighted by molar-refractivity contribution is 6.04. The maximum atomic E-state index is 11.8. The van der Waals surface area contributed by atoms with E-state index in [9.17, 15) is 4.79 Å².